The molecule has 0 bridgehead atoms. The highest BCUT2D eigenvalue weighted by molar-refractivity contribution is 7.91. The maximum absolute atomic E-state index is 13.2. The predicted octanol–water partition coefficient (Wildman–Crippen LogP) is 5.92. The Morgan fingerprint density at radius 2 is 1.76 bits per heavy atom. The molecular weight excluding hydrogens is 557 g/mol. The second kappa shape index (κ2) is 10.6. The van der Waals surface area contributed by atoms with Gasteiger partial charge in [0.1, 0.15) is 11.6 Å². The van der Waals surface area contributed by atoms with Gasteiger partial charge in [0.05, 0.1) is 29.4 Å². The van der Waals surface area contributed by atoms with E-state index < -0.39 is 15.8 Å². The van der Waals surface area contributed by atoms with Gasteiger partial charge in [-0.3, -0.25) is 4.79 Å². The molecule has 1 unspecified atom stereocenters. The summed E-state index contributed by atoms with van der Waals surface area (Å²) in [7, 11) is -1.84. The van der Waals surface area contributed by atoms with Crippen molar-refractivity contribution < 1.29 is 22.3 Å². The average molecular weight is 586 g/mol. The minimum absolute atomic E-state index is 0.0762. The van der Waals surface area contributed by atoms with Crippen LogP contribution in [0, 0.1) is 5.82 Å². The van der Waals surface area contributed by atoms with Crippen LogP contribution in [-0.4, -0.2) is 41.8 Å². The van der Waals surface area contributed by atoms with Gasteiger partial charge in [-0.15, -0.1) is 5.10 Å². The predicted molar refractivity (Wildman–Crippen MR) is 159 cm³/mol. The number of rotatable bonds is 7. The van der Waals surface area contributed by atoms with Crippen LogP contribution in [-0.2, 0) is 14.6 Å². The maximum atomic E-state index is 13.2. The van der Waals surface area contributed by atoms with E-state index in [0.29, 0.717) is 33.6 Å². The van der Waals surface area contributed by atoms with Crippen LogP contribution in [0.25, 0.3) is 16.8 Å². The van der Waals surface area contributed by atoms with Crippen LogP contribution < -0.4 is 15.4 Å². The molecule has 1 aliphatic rings. The topological polar surface area (TPSA) is 115 Å². The lowest BCUT2D eigenvalue weighted by Crippen LogP contribution is -2.18. The number of sulfone groups is 1. The summed E-state index contributed by atoms with van der Waals surface area (Å²) in [4.78, 5) is 17.6. The van der Waals surface area contributed by atoms with Gasteiger partial charge >= 0.3 is 0 Å². The van der Waals surface area contributed by atoms with Crippen molar-refractivity contribution in [2.24, 2.45) is 0 Å². The van der Waals surface area contributed by atoms with Crippen molar-refractivity contribution in [3.05, 3.63) is 95.9 Å². The first-order valence-electron chi connectivity index (χ1n) is 13.4. The van der Waals surface area contributed by atoms with Crippen molar-refractivity contribution in [1.82, 2.24) is 14.6 Å². The first-order valence-corrected chi connectivity index (χ1v) is 15.0. The fourth-order valence-corrected chi connectivity index (χ4v) is 7.06. The molecule has 3 aromatic carbocycles. The molecule has 0 fully saturated rings. The van der Waals surface area contributed by atoms with Gasteiger partial charge in [0.25, 0.3) is 0 Å². The second-order valence-electron chi connectivity index (χ2n) is 10.4. The number of carbonyl (C=O) groups excluding carboxylic acids is 1. The van der Waals surface area contributed by atoms with Crippen LogP contribution in [0.1, 0.15) is 36.8 Å². The van der Waals surface area contributed by atoms with E-state index in [0.717, 1.165) is 22.3 Å². The van der Waals surface area contributed by atoms with E-state index in [-0.39, 0.29) is 23.4 Å². The fourth-order valence-electron chi connectivity index (χ4n) is 5.13. The SMILES string of the molecule is COc1cc2c(cc1Nc1nc3ccc(-c4ccc(NC(=O)[C@H](C)c5ccc(F)cc5)cc4)cn3n1)C(C)CS2(=O)=O. The number of nitrogens with zero attached hydrogens (tertiary/aromatic N) is 3. The Kier molecular flexibility index (Phi) is 6.90. The largest absolute Gasteiger partial charge is 0.495 e. The Morgan fingerprint density at radius 1 is 1.05 bits per heavy atom. The second-order valence-corrected chi connectivity index (χ2v) is 12.4. The summed E-state index contributed by atoms with van der Waals surface area (Å²) in [5.74, 6) is -0.270. The molecule has 0 saturated carbocycles. The summed E-state index contributed by atoms with van der Waals surface area (Å²) in [5, 5.41) is 10.6. The summed E-state index contributed by atoms with van der Waals surface area (Å²) < 4.78 is 45.3. The molecule has 5 aromatic rings. The third-order valence-corrected chi connectivity index (χ3v) is 9.46. The van der Waals surface area contributed by atoms with E-state index >= 15 is 0 Å². The zero-order chi connectivity index (χ0) is 29.6. The van der Waals surface area contributed by atoms with Crippen LogP contribution in [0.3, 0.4) is 0 Å². The van der Waals surface area contributed by atoms with Crippen LogP contribution in [0.2, 0.25) is 0 Å². The third kappa shape index (κ3) is 5.18. The molecule has 2 aromatic heterocycles. The molecule has 42 heavy (non-hydrogen) atoms. The highest BCUT2D eigenvalue weighted by atomic mass is 32.2. The quantitative estimate of drug-likeness (QED) is 0.244. The van der Waals surface area contributed by atoms with Crippen molar-refractivity contribution in [2.45, 2.75) is 30.6 Å². The summed E-state index contributed by atoms with van der Waals surface area (Å²) in [6.07, 6.45) is 1.85. The monoisotopic (exact) mass is 585 g/mol. The molecule has 0 aliphatic carbocycles. The molecule has 0 saturated heterocycles. The average Bonchev–Trinajstić information content (AvgIpc) is 3.48. The standard InChI is InChI=1S/C31H28FN5O4S/c1-18-17-42(39,40)28-15-27(41-3)26(14-25(18)28)34-31-35-29-13-8-22(16-37(29)36-31)21-6-11-24(12-7-21)33-30(38)19(2)20-4-9-23(32)10-5-20/h4-16,18-19H,17H2,1-3H3,(H,33,38)(H,34,36)/t18?,19-/m1/s1. The Balaban J connectivity index is 1.19. The summed E-state index contributed by atoms with van der Waals surface area (Å²) in [6.45, 7) is 3.66. The number of pyridine rings is 1. The lowest BCUT2D eigenvalue weighted by atomic mass is 10.00. The normalized spacial score (nSPS) is 16.1. The van der Waals surface area contributed by atoms with E-state index in [4.69, 9.17) is 4.74 Å². The molecule has 9 nitrogen and oxygen atoms in total. The Bertz CT molecular complexity index is 1920. The fraction of sp³-hybridized carbons (Fsp3) is 0.194. The molecule has 1 aliphatic heterocycles. The van der Waals surface area contributed by atoms with Gasteiger partial charge in [-0.1, -0.05) is 31.2 Å². The van der Waals surface area contributed by atoms with Crippen molar-refractivity contribution >= 4 is 38.7 Å². The molecule has 2 atom stereocenters. The first-order chi connectivity index (χ1) is 20.1. The molecular formula is C31H28FN5O4S. The Hall–Kier alpha value is -4.77. The number of amides is 1. The number of hydrogen-bond donors (Lipinski definition) is 2. The summed E-state index contributed by atoms with van der Waals surface area (Å²) in [6, 6.07) is 20.5. The van der Waals surface area contributed by atoms with Gasteiger partial charge in [-0.2, -0.15) is 4.98 Å². The van der Waals surface area contributed by atoms with Crippen LogP contribution >= 0.6 is 0 Å². The molecule has 214 valence electrons. The molecule has 2 N–H and O–H groups in total. The van der Waals surface area contributed by atoms with Crippen molar-refractivity contribution in [2.75, 3.05) is 23.5 Å². The van der Waals surface area contributed by atoms with Gasteiger partial charge in [0.2, 0.25) is 11.9 Å². The zero-order valence-corrected chi connectivity index (χ0v) is 23.9. The Morgan fingerprint density at radius 3 is 2.48 bits per heavy atom. The number of carbonyl (C=O) groups is 1. The van der Waals surface area contributed by atoms with Crippen molar-refractivity contribution in [3.63, 3.8) is 0 Å². The molecule has 11 heteroatoms. The van der Waals surface area contributed by atoms with E-state index in [1.807, 2.05) is 49.5 Å². The van der Waals surface area contributed by atoms with Gasteiger partial charge in [0.15, 0.2) is 15.5 Å². The van der Waals surface area contributed by atoms with Gasteiger partial charge < -0.3 is 15.4 Å². The first kappa shape index (κ1) is 27.4. The van der Waals surface area contributed by atoms with E-state index in [1.165, 1.54) is 19.2 Å². The van der Waals surface area contributed by atoms with E-state index in [9.17, 15) is 17.6 Å². The van der Waals surface area contributed by atoms with Gasteiger partial charge in [-0.25, -0.2) is 17.3 Å². The van der Waals surface area contributed by atoms with Gasteiger partial charge in [0, 0.05) is 23.5 Å². The highest BCUT2D eigenvalue weighted by Gasteiger charge is 2.33. The Labute approximate surface area is 242 Å². The number of hydrogen-bond acceptors (Lipinski definition) is 7. The van der Waals surface area contributed by atoms with Gasteiger partial charge in [-0.05, 0) is 72.0 Å². The lowest BCUT2D eigenvalue weighted by Gasteiger charge is -2.13. The van der Waals surface area contributed by atoms with Crippen molar-refractivity contribution in [1.29, 1.82) is 0 Å². The molecule has 6 rings (SSSR count). The van der Waals surface area contributed by atoms with Crippen LogP contribution in [0.15, 0.2) is 83.9 Å². The smallest absolute Gasteiger partial charge is 0.247 e. The minimum Gasteiger partial charge on any atom is -0.495 e. The van der Waals surface area contributed by atoms with Crippen LogP contribution in [0.5, 0.6) is 5.75 Å². The van der Waals surface area contributed by atoms with E-state index in [1.54, 1.807) is 35.7 Å². The number of nitrogens with one attached hydrogen (secondary N) is 2. The molecule has 0 spiro atoms. The molecule has 3 heterocycles. The number of fused-ring (bicyclic) bond motifs is 2. The van der Waals surface area contributed by atoms with Crippen LogP contribution in [0.4, 0.5) is 21.7 Å². The number of halogens is 1. The van der Waals surface area contributed by atoms with E-state index in [2.05, 4.69) is 20.7 Å². The number of methoxy groups -OCH3 is 1. The molecule has 0 radical (unpaired) electrons. The number of benzene rings is 3. The summed E-state index contributed by atoms with van der Waals surface area (Å²) in [5.41, 5.74) is 5.15. The maximum Gasteiger partial charge on any atom is 0.247 e. The van der Waals surface area contributed by atoms with Crippen molar-refractivity contribution in [3.8, 4) is 16.9 Å². The minimum atomic E-state index is -3.33. The number of aromatic nitrogens is 3. The number of anilines is 3. The number of ether oxygens (including phenoxy) is 1. The highest BCUT2D eigenvalue weighted by Crippen LogP contribution is 2.41. The molecule has 1 amide bonds. The zero-order valence-electron chi connectivity index (χ0n) is 23.1. The summed E-state index contributed by atoms with van der Waals surface area (Å²) >= 11 is 0. The third-order valence-electron chi connectivity index (χ3n) is 7.49. The lowest BCUT2D eigenvalue weighted by molar-refractivity contribution is -0.117.